The number of anilines is 1. The van der Waals surface area contributed by atoms with E-state index in [1.54, 1.807) is 13.2 Å². The van der Waals surface area contributed by atoms with Crippen molar-refractivity contribution in [3.8, 4) is 0 Å². The Morgan fingerprint density at radius 2 is 1.91 bits per heavy atom. The summed E-state index contributed by atoms with van der Waals surface area (Å²) in [5.41, 5.74) is 1.02. The Hall–Kier alpha value is -0.780. The first-order valence-corrected chi connectivity index (χ1v) is 10.3. The molecular weight excluding hydrogens is 334 g/mol. The molecule has 0 N–H and O–H groups in total. The lowest BCUT2D eigenvalue weighted by atomic mass is 10.1. The Labute approximate surface area is 143 Å². The molecule has 23 heavy (non-hydrogen) atoms. The summed E-state index contributed by atoms with van der Waals surface area (Å²) >= 11 is 6.34. The molecule has 1 aromatic carbocycles. The molecule has 1 heterocycles. The fourth-order valence-electron chi connectivity index (χ4n) is 3.65. The molecule has 0 bridgehead atoms. The maximum Gasteiger partial charge on any atom is 0.182 e. The number of hydrogen-bond acceptors (Lipinski definition) is 4. The summed E-state index contributed by atoms with van der Waals surface area (Å²) < 4.78 is 31.0. The summed E-state index contributed by atoms with van der Waals surface area (Å²) in [6.45, 7) is 2.03. The highest BCUT2D eigenvalue weighted by molar-refractivity contribution is 7.92. The molecule has 1 aromatic rings. The van der Waals surface area contributed by atoms with Gasteiger partial charge in [-0.2, -0.15) is 0 Å². The van der Waals surface area contributed by atoms with Gasteiger partial charge in [-0.3, -0.25) is 0 Å². The third kappa shape index (κ3) is 3.52. The largest absolute Gasteiger partial charge is 0.381 e. The Bertz CT molecular complexity index is 656. The predicted molar refractivity (Wildman–Crippen MR) is 93.1 cm³/mol. The molecule has 2 aliphatic rings. The van der Waals surface area contributed by atoms with Gasteiger partial charge in [0.25, 0.3) is 0 Å². The summed E-state index contributed by atoms with van der Waals surface area (Å²) in [5.74, 6) is 0. The lowest BCUT2D eigenvalue weighted by Gasteiger charge is -2.29. The fourth-order valence-corrected chi connectivity index (χ4v) is 6.00. The first-order valence-electron chi connectivity index (χ1n) is 8.33. The molecule has 6 heteroatoms. The minimum Gasteiger partial charge on any atom is -0.381 e. The molecular formula is C17H24ClNO3S. The van der Waals surface area contributed by atoms with E-state index < -0.39 is 9.84 Å². The second-order valence-corrected chi connectivity index (χ2v) is 9.10. The van der Waals surface area contributed by atoms with E-state index in [4.69, 9.17) is 16.3 Å². The molecule has 0 aromatic heterocycles. The number of halogens is 1. The van der Waals surface area contributed by atoms with Crippen molar-refractivity contribution in [2.24, 2.45) is 0 Å². The van der Waals surface area contributed by atoms with Gasteiger partial charge in [-0.05, 0) is 56.7 Å². The zero-order chi connectivity index (χ0) is 16.4. The van der Waals surface area contributed by atoms with E-state index in [-0.39, 0.29) is 16.2 Å². The summed E-state index contributed by atoms with van der Waals surface area (Å²) in [5, 5.41) is -0.0419. The number of methoxy groups -OCH3 is 1. The molecule has 3 rings (SSSR count). The van der Waals surface area contributed by atoms with Crippen molar-refractivity contribution < 1.29 is 13.2 Å². The van der Waals surface area contributed by atoms with E-state index >= 15 is 0 Å². The van der Waals surface area contributed by atoms with Crippen LogP contribution in [0.4, 0.5) is 5.69 Å². The number of ether oxygens (including phenoxy) is 1. The monoisotopic (exact) mass is 357 g/mol. The van der Waals surface area contributed by atoms with Crippen LogP contribution in [0.2, 0.25) is 5.02 Å². The molecule has 2 unspecified atom stereocenters. The highest BCUT2D eigenvalue weighted by atomic mass is 35.5. The lowest BCUT2D eigenvalue weighted by Crippen LogP contribution is -2.29. The topological polar surface area (TPSA) is 46.6 Å². The molecule has 1 saturated heterocycles. The Kier molecular flexibility index (Phi) is 5.19. The highest BCUT2D eigenvalue weighted by Crippen LogP contribution is 2.36. The molecule has 0 amide bonds. The average Bonchev–Trinajstić information content (AvgIpc) is 3.05. The van der Waals surface area contributed by atoms with Gasteiger partial charge in [-0.1, -0.05) is 11.6 Å². The van der Waals surface area contributed by atoms with Gasteiger partial charge in [-0.15, -0.1) is 0 Å². The van der Waals surface area contributed by atoms with Crippen LogP contribution in [0.3, 0.4) is 0 Å². The molecule has 0 spiro atoms. The third-order valence-electron chi connectivity index (χ3n) is 5.05. The number of benzene rings is 1. The Balaban J connectivity index is 1.82. The summed E-state index contributed by atoms with van der Waals surface area (Å²) in [4.78, 5) is 2.55. The number of piperidine rings is 1. The van der Waals surface area contributed by atoms with Gasteiger partial charge < -0.3 is 9.64 Å². The third-order valence-corrected chi connectivity index (χ3v) is 7.75. The van der Waals surface area contributed by atoms with Gasteiger partial charge in [0.05, 0.1) is 21.3 Å². The van der Waals surface area contributed by atoms with Gasteiger partial charge in [0, 0.05) is 25.9 Å². The summed E-state index contributed by atoms with van der Waals surface area (Å²) in [7, 11) is -1.75. The van der Waals surface area contributed by atoms with Crippen LogP contribution in [0.25, 0.3) is 0 Å². The Morgan fingerprint density at radius 1 is 1.17 bits per heavy atom. The highest BCUT2D eigenvalue weighted by Gasteiger charge is 2.36. The zero-order valence-electron chi connectivity index (χ0n) is 13.5. The lowest BCUT2D eigenvalue weighted by molar-refractivity contribution is 0.109. The van der Waals surface area contributed by atoms with E-state index in [1.807, 2.05) is 12.1 Å². The molecule has 2 atom stereocenters. The van der Waals surface area contributed by atoms with Crippen LogP contribution < -0.4 is 4.90 Å². The maximum atomic E-state index is 12.9. The SMILES string of the molecule is COC1CCC(S(=O)(=O)c2ccc(N3CCCCC3)cc2Cl)C1. The van der Waals surface area contributed by atoms with Gasteiger partial charge >= 0.3 is 0 Å². The van der Waals surface area contributed by atoms with Crippen LogP contribution in [0.5, 0.6) is 0 Å². The van der Waals surface area contributed by atoms with E-state index in [2.05, 4.69) is 4.90 Å². The number of hydrogen-bond donors (Lipinski definition) is 0. The normalized spacial score (nSPS) is 25.7. The van der Waals surface area contributed by atoms with Crippen molar-refractivity contribution in [1.82, 2.24) is 0 Å². The second-order valence-electron chi connectivity index (χ2n) is 6.50. The maximum absolute atomic E-state index is 12.9. The van der Waals surface area contributed by atoms with Crippen molar-refractivity contribution in [2.75, 3.05) is 25.1 Å². The fraction of sp³-hybridized carbons (Fsp3) is 0.647. The van der Waals surface area contributed by atoms with E-state index in [9.17, 15) is 8.42 Å². The minimum atomic E-state index is -3.39. The van der Waals surface area contributed by atoms with Crippen LogP contribution in [0.15, 0.2) is 23.1 Å². The first kappa shape index (κ1) is 17.1. The molecule has 1 aliphatic heterocycles. The van der Waals surface area contributed by atoms with Gasteiger partial charge in [-0.25, -0.2) is 8.42 Å². The Morgan fingerprint density at radius 3 is 2.52 bits per heavy atom. The zero-order valence-corrected chi connectivity index (χ0v) is 15.1. The number of sulfone groups is 1. The van der Waals surface area contributed by atoms with E-state index in [1.165, 1.54) is 19.3 Å². The number of nitrogens with zero attached hydrogens (tertiary/aromatic N) is 1. The van der Waals surface area contributed by atoms with Crippen LogP contribution in [0, 0.1) is 0 Å². The van der Waals surface area contributed by atoms with Crippen LogP contribution in [-0.2, 0) is 14.6 Å². The quantitative estimate of drug-likeness (QED) is 0.824. The molecule has 128 valence electrons. The van der Waals surface area contributed by atoms with Gasteiger partial charge in [0.15, 0.2) is 9.84 Å². The van der Waals surface area contributed by atoms with Crippen molar-refractivity contribution in [3.63, 3.8) is 0 Å². The predicted octanol–water partition coefficient (Wildman–Crippen LogP) is 3.67. The summed E-state index contributed by atoms with van der Waals surface area (Å²) in [6.07, 6.45) is 5.66. The number of rotatable bonds is 4. The molecule has 4 nitrogen and oxygen atoms in total. The first-order chi connectivity index (χ1) is 11.0. The summed E-state index contributed by atoms with van der Waals surface area (Å²) in [6, 6.07) is 5.39. The average molecular weight is 358 g/mol. The molecule has 0 radical (unpaired) electrons. The smallest absolute Gasteiger partial charge is 0.182 e. The van der Waals surface area contributed by atoms with Gasteiger partial charge in [0.2, 0.25) is 0 Å². The van der Waals surface area contributed by atoms with Crippen LogP contribution >= 0.6 is 11.6 Å². The molecule has 1 aliphatic carbocycles. The van der Waals surface area contributed by atoms with Crippen LogP contribution in [0.1, 0.15) is 38.5 Å². The molecule has 2 fully saturated rings. The van der Waals surface area contributed by atoms with E-state index in [0.717, 1.165) is 25.2 Å². The van der Waals surface area contributed by atoms with Crippen molar-refractivity contribution in [1.29, 1.82) is 0 Å². The van der Waals surface area contributed by atoms with Gasteiger partial charge in [0.1, 0.15) is 0 Å². The minimum absolute atomic E-state index is 0.0428. The van der Waals surface area contributed by atoms with Crippen molar-refractivity contribution in [3.05, 3.63) is 23.2 Å². The van der Waals surface area contributed by atoms with E-state index in [0.29, 0.717) is 17.9 Å². The van der Waals surface area contributed by atoms with Crippen molar-refractivity contribution in [2.45, 2.75) is 54.8 Å². The molecule has 1 saturated carbocycles. The van der Waals surface area contributed by atoms with Crippen molar-refractivity contribution >= 4 is 27.1 Å². The van der Waals surface area contributed by atoms with Crippen LogP contribution in [-0.4, -0.2) is 40.0 Å². The second kappa shape index (κ2) is 6.99. The standard InChI is InChI=1S/C17H24ClNO3S/c1-22-14-6-7-15(12-14)23(20,21)17-8-5-13(11-16(17)18)19-9-3-2-4-10-19/h5,8,11,14-15H,2-4,6-7,9-10,12H2,1H3.